The number of anilines is 1. The standard InChI is InChI=1S/C18H20ClN5S/c1-12-11-23(25-2)7-8-24(12)17-9-13(14(19)10-20-17)18-21-15-5-3-4-6-16(15)22-18/h3-6,9-10,12H,7-8,11H2,1-2H3,(H,21,22). The van der Waals surface area contributed by atoms with Crippen LogP contribution in [-0.4, -0.2) is 51.2 Å². The van der Waals surface area contributed by atoms with E-state index in [2.05, 4.69) is 37.3 Å². The van der Waals surface area contributed by atoms with Gasteiger partial charge in [-0.05, 0) is 31.4 Å². The molecule has 1 aromatic carbocycles. The van der Waals surface area contributed by atoms with Gasteiger partial charge in [-0.1, -0.05) is 35.7 Å². The van der Waals surface area contributed by atoms with Crippen LogP contribution in [0.4, 0.5) is 5.82 Å². The summed E-state index contributed by atoms with van der Waals surface area (Å²) in [6, 6.07) is 10.4. The summed E-state index contributed by atoms with van der Waals surface area (Å²) in [5.41, 5.74) is 2.84. The van der Waals surface area contributed by atoms with Crippen molar-refractivity contribution in [1.29, 1.82) is 0 Å². The van der Waals surface area contributed by atoms with Crippen LogP contribution in [0.5, 0.6) is 0 Å². The first-order valence-electron chi connectivity index (χ1n) is 8.32. The number of aromatic amines is 1. The molecule has 1 fully saturated rings. The Labute approximate surface area is 156 Å². The van der Waals surface area contributed by atoms with E-state index in [1.54, 1.807) is 18.1 Å². The largest absolute Gasteiger partial charge is 0.351 e. The third-order valence-electron chi connectivity index (χ3n) is 4.63. The Morgan fingerprint density at radius 2 is 2.12 bits per heavy atom. The van der Waals surface area contributed by atoms with Gasteiger partial charge < -0.3 is 9.88 Å². The molecule has 0 radical (unpaired) electrons. The predicted molar refractivity (Wildman–Crippen MR) is 106 cm³/mol. The van der Waals surface area contributed by atoms with E-state index in [0.29, 0.717) is 11.1 Å². The molecular formula is C18H20ClN5S. The lowest BCUT2D eigenvalue weighted by molar-refractivity contribution is 0.373. The van der Waals surface area contributed by atoms with E-state index in [9.17, 15) is 0 Å². The number of halogens is 1. The third kappa shape index (κ3) is 3.21. The van der Waals surface area contributed by atoms with Gasteiger partial charge >= 0.3 is 0 Å². The number of para-hydroxylation sites is 2. The first-order chi connectivity index (χ1) is 12.2. The molecule has 1 atom stereocenters. The number of aromatic nitrogens is 3. The summed E-state index contributed by atoms with van der Waals surface area (Å²) in [7, 11) is 0. The van der Waals surface area contributed by atoms with Crippen LogP contribution in [0, 0.1) is 0 Å². The molecule has 130 valence electrons. The Bertz CT molecular complexity index is 863. The molecule has 1 N–H and O–H groups in total. The maximum atomic E-state index is 6.43. The van der Waals surface area contributed by atoms with Gasteiger partial charge in [0.1, 0.15) is 11.6 Å². The van der Waals surface area contributed by atoms with E-state index in [4.69, 9.17) is 11.6 Å². The van der Waals surface area contributed by atoms with Crippen molar-refractivity contribution in [3.63, 3.8) is 0 Å². The molecule has 0 spiro atoms. The highest BCUT2D eigenvalue weighted by molar-refractivity contribution is 7.96. The highest BCUT2D eigenvalue weighted by Gasteiger charge is 2.25. The van der Waals surface area contributed by atoms with E-state index in [1.807, 2.05) is 30.3 Å². The number of rotatable bonds is 3. The fourth-order valence-corrected chi connectivity index (χ4v) is 4.10. The van der Waals surface area contributed by atoms with Crippen LogP contribution in [-0.2, 0) is 0 Å². The highest BCUT2D eigenvalue weighted by atomic mass is 35.5. The van der Waals surface area contributed by atoms with E-state index in [-0.39, 0.29) is 0 Å². The van der Waals surface area contributed by atoms with Gasteiger partial charge in [0.2, 0.25) is 0 Å². The van der Waals surface area contributed by atoms with E-state index in [0.717, 1.165) is 47.9 Å². The van der Waals surface area contributed by atoms with Crippen LogP contribution in [0.15, 0.2) is 36.5 Å². The van der Waals surface area contributed by atoms with Crippen LogP contribution in [0.1, 0.15) is 6.92 Å². The quantitative estimate of drug-likeness (QED) is 0.701. The van der Waals surface area contributed by atoms with E-state index in [1.165, 1.54) is 0 Å². The van der Waals surface area contributed by atoms with E-state index < -0.39 is 0 Å². The number of fused-ring (bicyclic) bond motifs is 1. The number of imidazole rings is 1. The first-order valence-corrected chi connectivity index (χ1v) is 9.88. The second-order valence-corrected chi connectivity index (χ2v) is 7.53. The van der Waals surface area contributed by atoms with Crippen LogP contribution >= 0.6 is 23.5 Å². The molecule has 7 heteroatoms. The smallest absolute Gasteiger partial charge is 0.140 e. The number of nitrogens with one attached hydrogen (secondary N) is 1. The number of H-pyrrole nitrogens is 1. The molecule has 5 nitrogen and oxygen atoms in total. The van der Waals surface area contributed by atoms with Crippen molar-refractivity contribution in [1.82, 2.24) is 19.3 Å². The van der Waals surface area contributed by atoms with Crippen LogP contribution in [0.3, 0.4) is 0 Å². The molecule has 1 unspecified atom stereocenters. The van der Waals surface area contributed by atoms with Crippen molar-refractivity contribution in [3.8, 4) is 11.4 Å². The summed E-state index contributed by atoms with van der Waals surface area (Å²) in [6.07, 6.45) is 3.86. The average Bonchev–Trinajstić information content (AvgIpc) is 3.06. The minimum atomic E-state index is 0.401. The Balaban J connectivity index is 1.69. The summed E-state index contributed by atoms with van der Waals surface area (Å²) >= 11 is 8.23. The van der Waals surface area contributed by atoms with Crippen LogP contribution < -0.4 is 4.90 Å². The SMILES string of the molecule is CSN1CCN(c2cc(-c3nc4ccccc4[nH]3)c(Cl)cn2)C(C)C1. The van der Waals surface area contributed by atoms with Crippen molar-refractivity contribution >= 4 is 40.4 Å². The molecule has 1 aliphatic rings. The molecule has 0 bridgehead atoms. The Morgan fingerprint density at radius 3 is 2.88 bits per heavy atom. The lowest BCUT2D eigenvalue weighted by atomic mass is 10.2. The molecule has 0 aliphatic carbocycles. The molecule has 2 aromatic heterocycles. The van der Waals surface area contributed by atoms with Crippen LogP contribution in [0.2, 0.25) is 5.02 Å². The number of nitrogens with zero attached hydrogens (tertiary/aromatic N) is 4. The molecule has 0 saturated carbocycles. The number of pyridine rings is 1. The maximum Gasteiger partial charge on any atom is 0.140 e. The first kappa shape index (κ1) is 16.7. The predicted octanol–water partition coefficient (Wildman–Crippen LogP) is 4.07. The fraction of sp³-hybridized carbons (Fsp3) is 0.333. The molecular weight excluding hydrogens is 354 g/mol. The Morgan fingerprint density at radius 1 is 1.28 bits per heavy atom. The van der Waals surface area contributed by atoms with Crippen molar-refractivity contribution in [2.24, 2.45) is 0 Å². The minimum absolute atomic E-state index is 0.401. The Hall–Kier alpha value is -1.76. The van der Waals surface area contributed by atoms with Gasteiger partial charge in [0.05, 0.1) is 16.1 Å². The van der Waals surface area contributed by atoms with Crippen molar-refractivity contribution in [2.45, 2.75) is 13.0 Å². The highest BCUT2D eigenvalue weighted by Crippen LogP contribution is 2.31. The van der Waals surface area contributed by atoms with Gasteiger partial charge in [0.25, 0.3) is 0 Å². The molecule has 1 saturated heterocycles. The second-order valence-electron chi connectivity index (χ2n) is 6.24. The summed E-state index contributed by atoms with van der Waals surface area (Å²) in [4.78, 5) is 14.9. The van der Waals surface area contributed by atoms with Crippen molar-refractivity contribution < 1.29 is 0 Å². The zero-order valence-corrected chi connectivity index (χ0v) is 15.8. The Kier molecular flexibility index (Phi) is 4.58. The van der Waals surface area contributed by atoms with E-state index >= 15 is 0 Å². The molecule has 3 heterocycles. The van der Waals surface area contributed by atoms with Gasteiger partial charge in [-0.3, -0.25) is 0 Å². The summed E-state index contributed by atoms with van der Waals surface area (Å²) in [6.45, 7) is 5.23. The summed E-state index contributed by atoms with van der Waals surface area (Å²) < 4.78 is 2.39. The van der Waals surface area contributed by atoms with Crippen molar-refractivity contribution in [2.75, 3.05) is 30.8 Å². The van der Waals surface area contributed by atoms with Gasteiger partial charge in [-0.25, -0.2) is 14.3 Å². The molecule has 1 aliphatic heterocycles. The second kappa shape index (κ2) is 6.86. The lowest BCUT2D eigenvalue weighted by Gasteiger charge is -2.39. The van der Waals surface area contributed by atoms with Gasteiger partial charge in [0.15, 0.2) is 0 Å². The monoisotopic (exact) mass is 373 g/mol. The molecule has 0 amide bonds. The average molecular weight is 374 g/mol. The van der Waals surface area contributed by atoms with Crippen molar-refractivity contribution in [3.05, 3.63) is 41.6 Å². The molecule has 25 heavy (non-hydrogen) atoms. The zero-order chi connectivity index (χ0) is 17.4. The number of benzene rings is 1. The third-order valence-corrected chi connectivity index (χ3v) is 5.78. The van der Waals surface area contributed by atoms with Gasteiger partial charge in [-0.15, -0.1) is 0 Å². The zero-order valence-electron chi connectivity index (χ0n) is 14.2. The van der Waals surface area contributed by atoms with Gasteiger partial charge in [0, 0.05) is 37.4 Å². The summed E-state index contributed by atoms with van der Waals surface area (Å²) in [5, 5.41) is 0.609. The number of piperazine rings is 1. The topological polar surface area (TPSA) is 48.0 Å². The number of hydrogen-bond acceptors (Lipinski definition) is 5. The normalized spacial score (nSPS) is 18.8. The molecule has 4 rings (SSSR count). The van der Waals surface area contributed by atoms with Gasteiger partial charge in [-0.2, -0.15) is 0 Å². The van der Waals surface area contributed by atoms with Crippen LogP contribution in [0.25, 0.3) is 22.4 Å². The minimum Gasteiger partial charge on any atom is -0.351 e. The molecule has 3 aromatic rings. The fourth-order valence-electron chi connectivity index (χ4n) is 3.28. The summed E-state index contributed by atoms with van der Waals surface area (Å²) in [5.74, 6) is 1.73. The lowest BCUT2D eigenvalue weighted by Crippen LogP contribution is -2.49. The maximum absolute atomic E-state index is 6.43. The number of hydrogen-bond donors (Lipinski definition) is 1.